The van der Waals surface area contributed by atoms with Gasteiger partial charge < -0.3 is 20.1 Å². The third-order valence-corrected chi connectivity index (χ3v) is 5.58. The van der Waals surface area contributed by atoms with Crippen molar-refractivity contribution < 1.29 is 23.9 Å². The zero-order valence-corrected chi connectivity index (χ0v) is 17.3. The minimum atomic E-state index is -0.565. The van der Waals surface area contributed by atoms with Crippen molar-refractivity contribution in [3.63, 3.8) is 0 Å². The molecule has 32 heavy (non-hydrogen) atoms. The highest BCUT2D eigenvalue weighted by molar-refractivity contribution is 6.06. The van der Waals surface area contributed by atoms with Crippen molar-refractivity contribution >= 4 is 29.2 Å². The Morgan fingerprint density at radius 1 is 1.00 bits per heavy atom. The average Bonchev–Trinajstić information content (AvgIpc) is 2.80. The van der Waals surface area contributed by atoms with Gasteiger partial charge in [0, 0.05) is 17.7 Å². The predicted molar refractivity (Wildman–Crippen MR) is 118 cm³/mol. The molecule has 0 radical (unpaired) electrons. The number of nitrogens with one attached hydrogen (secondary N) is 2. The molecule has 3 aromatic carbocycles. The SMILES string of the molecule is CC1Oc2ccc(NC(=O)c3ccc4c(c3)CC(c3ccccc3)OC4=O)cc2NC1=O. The van der Waals surface area contributed by atoms with Crippen LogP contribution in [0.15, 0.2) is 66.7 Å². The summed E-state index contributed by atoms with van der Waals surface area (Å²) in [4.78, 5) is 37.2. The summed E-state index contributed by atoms with van der Waals surface area (Å²) in [5.74, 6) is -0.407. The van der Waals surface area contributed by atoms with Gasteiger partial charge in [-0.2, -0.15) is 0 Å². The Morgan fingerprint density at radius 3 is 2.62 bits per heavy atom. The Hall–Kier alpha value is -4.13. The van der Waals surface area contributed by atoms with Gasteiger partial charge in [-0.25, -0.2) is 4.79 Å². The van der Waals surface area contributed by atoms with E-state index in [1.165, 1.54) is 0 Å². The molecule has 3 aromatic rings. The van der Waals surface area contributed by atoms with Gasteiger partial charge in [0.05, 0.1) is 11.3 Å². The number of anilines is 2. The predicted octanol–water partition coefficient (Wildman–Crippen LogP) is 4.11. The summed E-state index contributed by atoms with van der Waals surface area (Å²) in [6.45, 7) is 1.67. The molecule has 2 unspecified atom stereocenters. The third kappa shape index (κ3) is 3.69. The lowest BCUT2D eigenvalue weighted by Gasteiger charge is -2.25. The Balaban J connectivity index is 1.36. The first kappa shape index (κ1) is 19.8. The van der Waals surface area contributed by atoms with Crippen LogP contribution in [0.4, 0.5) is 11.4 Å². The number of amides is 2. The average molecular weight is 428 g/mol. The van der Waals surface area contributed by atoms with Gasteiger partial charge in [-0.1, -0.05) is 30.3 Å². The molecule has 160 valence electrons. The number of cyclic esters (lactones) is 1. The highest BCUT2D eigenvalue weighted by Crippen LogP contribution is 2.33. The normalized spacial score (nSPS) is 19.0. The molecule has 0 aromatic heterocycles. The largest absolute Gasteiger partial charge is 0.479 e. The fourth-order valence-corrected chi connectivity index (χ4v) is 3.88. The maximum absolute atomic E-state index is 12.9. The van der Waals surface area contributed by atoms with Gasteiger partial charge >= 0.3 is 5.97 Å². The Morgan fingerprint density at radius 2 is 1.81 bits per heavy atom. The third-order valence-electron chi connectivity index (χ3n) is 5.58. The summed E-state index contributed by atoms with van der Waals surface area (Å²) >= 11 is 0. The number of carbonyl (C=O) groups excluding carboxylic acids is 3. The molecule has 7 heteroatoms. The fraction of sp³-hybridized carbons (Fsp3) is 0.160. The van der Waals surface area contributed by atoms with Crippen LogP contribution in [-0.4, -0.2) is 23.9 Å². The summed E-state index contributed by atoms with van der Waals surface area (Å²) in [5, 5.41) is 5.60. The fourth-order valence-electron chi connectivity index (χ4n) is 3.88. The van der Waals surface area contributed by atoms with Crippen LogP contribution in [0, 0.1) is 0 Å². The number of hydrogen-bond acceptors (Lipinski definition) is 5. The van der Waals surface area contributed by atoms with E-state index in [4.69, 9.17) is 9.47 Å². The van der Waals surface area contributed by atoms with Gasteiger partial charge in [-0.15, -0.1) is 0 Å². The number of carbonyl (C=O) groups is 3. The Kier molecular flexibility index (Phi) is 4.86. The second-order valence-corrected chi connectivity index (χ2v) is 7.80. The van der Waals surface area contributed by atoms with Gasteiger partial charge in [0.15, 0.2) is 6.10 Å². The van der Waals surface area contributed by atoms with Crippen LogP contribution < -0.4 is 15.4 Å². The molecule has 5 rings (SSSR count). The molecular weight excluding hydrogens is 408 g/mol. The molecule has 2 aliphatic rings. The lowest BCUT2D eigenvalue weighted by molar-refractivity contribution is -0.122. The van der Waals surface area contributed by atoms with E-state index >= 15 is 0 Å². The van der Waals surface area contributed by atoms with E-state index in [9.17, 15) is 14.4 Å². The van der Waals surface area contributed by atoms with Crippen LogP contribution in [0.3, 0.4) is 0 Å². The number of rotatable bonds is 3. The van der Waals surface area contributed by atoms with Crippen molar-refractivity contribution in [1.82, 2.24) is 0 Å². The van der Waals surface area contributed by atoms with Crippen LogP contribution in [0.5, 0.6) is 5.75 Å². The molecule has 0 saturated carbocycles. The molecule has 2 heterocycles. The first-order valence-corrected chi connectivity index (χ1v) is 10.3. The minimum Gasteiger partial charge on any atom is -0.479 e. The van der Waals surface area contributed by atoms with Crippen molar-refractivity contribution in [2.45, 2.75) is 25.6 Å². The van der Waals surface area contributed by atoms with E-state index in [1.54, 1.807) is 43.3 Å². The Bertz CT molecular complexity index is 1240. The first-order valence-electron chi connectivity index (χ1n) is 10.3. The zero-order chi connectivity index (χ0) is 22.2. The van der Waals surface area contributed by atoms with Gasteiger partial charge in [0.25, 0.3) is 11.8 Å². The highest BCUT2D eigenvalue weighted by atomic mass is 16.5. The molecule has 7 nitrogen and oxygen atoms in total. The van der Waals surface area contributed by atoms with Gasteiger partial charge in [-0.05, 0) is 54.4 Å². The van der Waals surface area contributed by atoms with Crippen molar-refractivity contribution in [2.24, 2.45) is 0 Å². The van der Waals surface area contributed by atoms with E-state index < -0.39 is 12.1 Å². The summed E-state index contributed by atoms with van der Waals surface area (Å²) in [6.07, 6.45) is -0.460. The summed E-state index contributed by atoms with van der Waals surface area (Å²) in [5.41, 5.74) is 3.60. The monoisotopic (exact) mass is 428 g/mol. The van der Waals surface area contributed by atoms with E-state index in [-0.39, 0.29) is 17.9 Å². The van der Waals surface area contributed by atoms with Crippen LogP contribution in [0.1, 0.15) is 44.9 Å². The minimum absolute atomic E-state index is 0.240. The molecule has 2 aliphatic heterocycles. The van der Waals surface area contributed by atoms with Crippen LogP contribution in [0.25, 0.3) is 0 Å². The van der Waals surface area contributed by atoms with E-state index in [0.29, 0.717) is 34.7 Å². The maximum Gasteiger partial charge on any atom is 0.339 e. The number of benzene rings is 3. The second-order valence-electron chi connectivity index (χ2n) is 7.80. The number of fused-ring (bicyclic) bond motifs is 2. The van der Waals surface area contributed by atoms with Crippen LogP contribution in [-0.2, 0) is 16.0 Å². The molecular formula is C25H20N2O5. The first-order chi connectivity index (χ1) is 15.5. The summed E-state index contributed by atoms with van der Waals surface area (Å²) in [7, 11) is 0. The molecule has 0 bridgehead atoms. The smallest absolute Gasteiger partial charge is 0.339 e. The molecule has 0 fully saturated rings. The second kappa shape index (κ2) is 7.85. The molecule has 0 spiro atoms. The van der Waals surface area contributed by atoms with Crippen molar-refractivity contribution in [3.05, 3.63) is 89.0 Å². The number of esters is 1. The highest BCUT2D eigenvalue weighted by Gasteiger charge is 2.28. The van der Waals surface area contributed by atoms with Crippen LogP contribution >= 0.6 is 0 Å². The van der Waals surface area contributed by atoms with Gasteiger partial charge in [0.1, 0.15) is 11.9 Å². The topological polar surface area (TPSA) is 93.7 Å². The lowest BCUT2D eigenvalue weighted by Crippen LogP contribution is -2.34. The van der Waals surface area contributed by atoms with Gasteiger partial charge in [0.2, 0.25) is 0 Å². The molecule has 0 aliphatic carbocycles. The summed E-state index contributed by atoms with van der Waals surface area (Å²) < 4.78 is 11.1. The molecule has 0 saturated heterocycles. The van der Waals surface area contributed by atoms with E-state index in [2.05, 4.69) is 10.6 Å². The molecule has 2 amide bonds. The standard InChI is InChI=1S/C25H20N2O5/c1-14-23(28)27-20-13-18(8-10-21(20)31-14)26-24(29)16-7-9-19-17(11-16)12-22(32-25(19)30)15-5-3-2-4-6-15/h2-11,13-14,22H,12H2,1H3,(H,26,29)(H,27,28). The van der Waals surface area contributed by atoms with Gasteiger partial charge in [-0.3, -0.25) is 9.59 Å². The number of ether oxygens (including phenoxy) is 2. The van der Waals surface area contributed by atoms with Crippen molar-refractivity contribution in [3.8, 4) is 5.75 Å². The Labute approximate surface area is 184 Å². The van der Waals surface area contributed by atoms with Crippen molar-refractivity contribution in [1.29, 1.82) is 0 Å². The molecule has 2 atom stereocenters. The lowest BCUT2D eigenvalue weighted by atomic mass is 9.93. The van der Waals surface area contributed by atoms with E-state index in [1.807, 2.05) is 30.3 Å². The zero-order valence-electron chi connectivity index (χ0n) is 17.3. The number of hydrogen-bond donors (Lipinski definition) is 2. The molecule has 2 N–H and O–H groups in total. The van der Waals surface area contributed by atoms with Crippen molar-refractivity contribution in [2.75, 3.05) is 10.6 Å². The maximum atomic E-state index is 12.9. The van der Waals surface area contributed by atoms with E-state index in [0.717, 1.165) is 11.1 Å². The summed E-state index contributed by atoms with van der Waals surface area (Å²) in [6, 6.07) is 19.5. The quantitative estimate of drug-likeness (QED) is 0.613. The van der Waals surface area contributed by atoms with Crippen LogP contribution in [0.2, 0.25) is 0 Å².